The Labute approximate surface area is 184 Å². The molecular weight excluding hydrogens is 444 g/mol. The quantitative estimate of drug-likeness (QED) is 0.296. The summed E-state index contributed by atoms with van der Waals surface area (Å²) in [5.41, 5.74) is 1.88. The summed E-state index contributed by atoms with van der Waals surface area (Å²) in [7, 11) is 0. The molecule has 2 aromatic carbocycles. The van der Waals surface area contributed by atoms with Gasteiger partial charge in [0.05, 0.1) is 31.8 Å². The largest absolute Gasteiger partial charge is 0.301 e. The molecule has 33 heavy (non-hydrogen) atoms. The van der Waals surface area contributed by atoms with Crippen molar-refractivity contribution in [3.8, 4) is 0 Å². The second kappa shape index (κ2) is 9.86. The first-order valence-corrected chi connectivity index (χ1v) is 8.87. The summed E-state index contributed by atoms with van der Waals surface area (Å²) < 4.78 is 0. The molecule has 2 N–H and O–H groups in total. The van der Waals surface area contributed by atoms with Crippen molar-refractivity contribution in [1.82, 2.24) is 0 Å². The Morgan fingerprint density at radius 2 is 1.06 bits per heavy atom. The SMILES string of the molecule is CC(C)(C=NNc1ccc([N+](=O)[O-])cc1[N+](=O)[O-])C=NNc1ccc([N+](=O)[O-])cc1[N+](=O)[O-]. The molecule has 0 aliphatic carbocycles. The van der Waals surface area contributed by atoms with Crippen LogP contribution in [0.4, 0.5) is 34.1 Å². The second-order valence-corrected chi connectivity index (χ2v) is 6.99. The van der Waals surface area contributed by atoms with Crippen LogP contribution in [-0.2, 0) is 0 Å². The molecule has 0 aliphatic rings. The summed E-state index contributed by atoms with van der Waals surface area (Å²) in [5, 5.41) is 51.6. The minimum absolute atomic E-state index is 0.0748. The lowest BCUT2D eigenvalue weighted by Gasteiger charge is -2.12. The predicted molar refractivity (Wildman–Crippen MR) is 118 cm³/mol. The van der Waals surface area contributed by atoms with Crippen molar-refractivity contribution in [2.75, 3.05) is 10.9 Å². The average molecular weight is 460 g/mol. The van der Waals surface area contributed by atoms with Gasteiger partial charge in [0.2, 0.25) is 0 Å². The summed E-state index contributed by atoms with van der Waals surface area (Å²) >= 11 is 0. The van der Waals surface area contributed by atoms with Crippen LogP contribution in [0.25, 0.3) is 0 Å². The topological polar surface area (TPSA) is 221 Å². The van der Waals surface area contributed by atoms with Gasteiger partial charge >= 0.3 is 11.4 Å². The lowest BCUT2D eigenvalue weighted by atomic mass is 9.98. The van der Waals surface area contributed by atoms with Crippen molar-refractivity contribution in [2.24, 2.45) is 15.6 Å². The lowest BCUT2D eigenvalue weighted by Crippen LogP contribution is -2.16. The van der Waals surface area contributed by atoms with Crippen molar-refractivity contribution >= 4 is 46.6 Å². The van der Waals surface area contributed by atoms with Crippen LogP contribution in [0.3, 0.4) is 0 Å². The fourth-order valence-electron chi connectivity index (χ4n) is 2.33. The molecule has 2 rings (SSSR count). The number of non-ortho nitro benzene ring substituents is 2. The van der Waals surface area contributed by atoms with E-state index in [0.29, 0.717) is 0 Å². The maximum absolute atomic E-state index is 11.1. The smallest absolute Gasteiger partial charge is 0.272 e. The van der Waals surface area contributed by atoms with E-state index < -0.39 is 47.9 Å². The van der Waals surface area contributed by atoms with Gasteiger partial charge in [-0.3, -0.25) is 51.3 Å². The molecule has 0 saturated heterocycles. The van der Waals surface area contributed by atoms with Gasteiger partial charge in [-0.2, -0.15) is 10.2 Å². The maximum atomic E-state index is 11.1. The predicted octanol–water partition coefficient (Wildman–Crippen LogP) is 3.84. The third kappa shape index (κ3) is 6.48. The van der Waals surface area contributed by atoms with E-state index in [2.05, 4.69) is 21.1 Å². The van der Waals surface area contributed by atoms with Crippen LogP contribution in [0.5, 0.6) is 0 Å². The summed E-state index contributed by atoms with van der Waals surface area (Å²) in [6.07, 6.45) is 2.65. The fourth-order valence-corrected chi connectivity index (χ4v) is 2.33. The monoisotopic (exact) mass is 460 g/mol. The van der Waals surface area contributed by atoms with Gasteiger partial charge in [-0.15, -0.1) is 0 Å². The Morgan fingerprint density at radius 1 is 0.697 bits per heavy atom. The molecule has 0 bridgehead atoms. The number of hydrogen-bond donors (Lipinski definition) is 2. The molecule has 0 spiro atoms. The Balaban J connectivity index is 2.13. The Hall–Kier alpha value is -5.02. The van der Waals surface area contributed by atoms with E-state index in [0.717, 1.165) is 36.4 Å². The van der Waals surface area contributed by atoms with Crippen LogP contribution in [0.1, 0.15) is 13.8 Å². The number of nitro groups is 4. The molecule has 16 nitrogen and oxygen atoms in total. The molecule has 16 heteroatoms. The van der Waals surface area contributed by atoms with E-state index in [4.69, 9.17) is 0 Å². The van der Waals surface area contributed by atoms with E-state index in [9.17, 15) is 40.5 Å². The van der Waals surface area contributed by atoms with Crippen LogP contribution in [0, 0.1) is 45.9 Å². The van der Waals surface area contributed by atoms with E-state index in [-0.39, 0.29) is 11.4 Å². The summed E-state index contributed by atoms with van der Waals surface area (Å²) in [6, 6.07) is 6.04. The van der Waals surface area contributed by atoms with Gasteiger partial charge in [0, 0.05) is 30.0 Å². The highest BCUT2D eigenvalue weighted by atomic mass is 16.6. The zero-order valence-electron chi connectivity index (χ0n) is 17.1. The summed E-state index contributed by atoms with van der Waals surface area (Å²) in [5.74, 6) is 0. The van der Waals surface area contributed by atoms with Crippen LogP contribution < -0.4 is 10.9 Å². The number of nitro benzene ring substituents is 4. The van der Waals surface area contributed by atoms with Crippen molar-refractivity contribution in [1.29, 1.82) is 0 Å². The summed E-state index contributed by atoms with van der Waals surface area (Å²) in [6.45, 7) is 3.30. The highest BCUT2D eigenvalue weighted by molar-refractivity contribution is 5.89. The third-order valence-corrected chi connectivity index (χ3v) is 3.94. The number of rotatable bonds is 10. The van der Waals surface area contributed by atoms with E-state index in [1.165, 1.54) is 12.4 Å². The number of benzene rings is 2. The maximum Gasteiger partial charge on any atom is 0.301 e. The van der Waals surface area contributed by atoms with Crippen LogP contribution in [-0.4, -0.2) is 32.1 Å². The molecule has 0 unspecified atom stereocenters. The Morgan fingerprint density at radius 3 is 1.36 bits per heavy atom. The normalized spacial score (nSPS) is 11.5. The molecule has 0 aliphatic heterocycles. The van der Waals surface area contributed by atoms with Crippen molar-refractivity contribution in [3.63, 3.8) is 0 Å². The molecular formula is C17H16N8O8. The van der Waals surface area contributed by atoms with Gasteiger partial charge < -0.3 is 0 Å². The zero-order chi connectivity index (χ0) is 24.8. The van der Waals surface area contributed by atoms with Crippen LogP contribution in [0.2, 0.25) is 0 Å². The molecule has 0 atom stereocenters. The van der Waals surface area contributed by atoms with E-state index in [1.807, 2.05) is 0 Å². The minimum atomic E-state index is -0.856. The number of anilines is 2. The molecule has 0 fully saturated rings. The van der Waals surface area contributed by atoms with Gasteiger partial charge in [-0.25, -0.2) is 0 Å². The number of hydrogen-bond acceptors (Lipinski definition) is 12. The highest BCUT2D eigenvalue weighted by Crippen LogP contribution is 2.30. The van der Waals surface area contributed by atoms with E-state index in [1.54, 1.807) is 13.8 Å². The molecule has 172 valence electrons. The van der Waals surface area contributed by atoms with Crippen LogP contribution >= 0.6 is 0 Å². The van der Waals surface area contributed by atoms with Gasteiger partial charge in [-0.1, -0.05) is 0 Å². The number of nitrogens with zero attached hydrogens (tertiary/aromatic N) is 6. The van der Waals surface area contributed by atoms with Crippen molar-refractivity contribution < 1.29 is 19.7 Å². The lowest BCUT2D eigenvalue weighted by molar-refractivity contribution is -0.393. The first-order chi connectivity index (χ1) is 15.4. The third-order valence-electron chi connectivity index (χ3n) is 3.94. The van der Waals surface area contributed by atoms with Crippen molar-refractivity contribution in [3.05, 3.63) is 76.9 Å². The van der Waals surface area contributed by atoms with Gasteiger partial charge in [0.15, 0.2) is 0 Å². The fraction of sp³-hybridized carbons (Fsp3) is 0.176. The molecule has 0 aromatic heterocycles. The molecule has 2 aromatic rings. The minimum Gasteiger partial charge on any atom is -0.272 e. The second-order valence-electron chi connectivity index (χ2n) is 6.99. The Bertz CT molecular complexity index is 1090. The van der Waals surface area contributed by atoms with E-state index >= 15 is 0 Å². The van der Waals surface area contributed by atoms with Crippen LogP contribution in [0.15, 0.2) is 46.6 Å². The van der Waals surface area contributed by atoms with Gasteiger partial charge in [-0.05, 0) is 26.0 Å². The molecule has 0 radical (unpaired) electrons. The first kappa shape index (κ1) is 24.3. The van der Waals surface area contributed by atoms with Gasteiger partial charge in [0.25, 0.3) is 11.4 Å². The number of hydrazone groups is 2. The molecule has 0 heterocycles. The van der Waals surface area contributed by atoms with Crippen molar-refractivity contribution in [2.45, 2.75) is 13.8 Å². The zero-order valence-corrected chi connectivity index (χ0v) is 17.1. The molecule has 0 saturated carbocycles. The molecule has 0 amide bonds. The summed E-state index contributed by atoms with van der Waals surface area (Å²) in [4.78, 5) is 40.7. The van der Waals surface area contributed by atoms with Gasteiger partial charge in [0.1, 0.15) is 11.4 Å². The Kier molecular flexibility index (Phi) is 7.24. The standard InChI is InChI=1S/C17H16N8O8/c1-17(2,9-18-20-13-5-3-11(22(26)27)7-15(13)24(30)31)10-19-21-14-6-4-12(23(28)29)8-16(14)25(32)33/h3-10,20-21H,1-2H3. The first-order valence-electron chi connectivity index (χ1n) is 8.87. The average Bonchev–Trinajstić information content (AvgIpc) is 2.73. The highest BCUT2D eigenvalue weighted by Gasteiger charge is 2.21. The number of nitrogens with one attached hydrogen (secondary N) is 2.